The Morgan fingerprint density at radius 1 is 1.28 bits per heavy atom. The number of carbonyl (C=O) groups excluding carboxylic acids is 1. The van der Waals surface area contributed by atoms with Gasteiger partial charge in [0.2, 0.25) is 5.91 Å². The van der Waals surface area contributed by atoms with Crippen molar-refractivity contribution >= 4 is 61.6 Å². The number of anilines is 1. The van der Waals surface area contributed by atoms with E-state index < -0.39 is 0 Å². The number of benzene rings is 2. The highest BCUT2D eigenvalue weighted by Crippen LogP contribution is 2.24. The Balaban J connectivity index is 1.89. The van der Waals surface area contributed by atoms with Crippen molar-refractivity contribution in [1.29, 1.82) is 0 Å². The van der Waals surface area contributed by atoms with E-state index in [0.717, 1.165) is 10.0 Å². The molecule has 3 aromatic rings. The fraction of sp³-hybridized carbons (Fsp3) is 0.118. The van der Waals surface area contributed by atoms with Gasteiger partial charge in [-0.05, 0) is 52.7 Å². The number of fused-ring (bicyclic) bond motifs is 1. The molecule has 0 aliphatic rings. The predicted octanol–water partition coefficient (Wildman–Crippen LogP) is 4.41. The number of rotatable bonds is 3. The zero-order chi connectivity index (χ0) is 18.1. The van der Waals surface area contributed by atoms with Crippen LogP contribution in [-0.4, -0.2) is 15.5 Å². The average molecular weight is 441 g/mol. The quantitative estimate of drug-likeness (QED) is 0.655. The molecule has 1 amide bonds. The van der Waals surface area contributed by atoms with Gasteiger partial charge in [-0.15, -0.1) is 0 Å². The van der Waals surface area contributed by atoms with E-state index in [-0.39, 0.29) is 23.4 Å². The van der Waals surface area contributed by atoms with E-state index in [4.69, 9.17) is 23.2 Å². The number of aromatic nitrogens is 2. The fourth-order valence-electron chi connectivity index (χ4n) is 2.37. The molecular weight excluding hydrogens is 429 g/mol. The molecule has 5 nitrogen and oxygen atoms in total. The van der Waals surface area contributed by atoms with Crippen LogP contribution in [0, 0.1) is 6.92 Å². The average Bonchev–Trinajstić information content (AvgIpc) is 2.53. The summed E-state index contributed by atoms with van der Waals surface area (Å²) in [5, 5.41) is 3.65. The summed E-state index contributed by atoms with van der Waals surface area (Å²) in [4.78, 5) is 29.0. The first-order valence-corrected chi connectivity index (χ1v) is 8.80. The molecular formula is C17H12BrCl2N3O2. The highest BCUT2D eigenvalue weighted by molar-refractivity contribution is 9.10. The lowest BCUT2D eigenvalue weighted by Crippen LogP contribution is -2.28. The first-order chi connectivity index (χ1) is 11.8. The van der Waals surface area contributed by atoms with Crippen LogP contribution >= 0.6 is 39.1 Å². The van der Waals surface area contributed by atoms with Crippen LogP contribution in [-0.2, 0) is 11.3 Å². The Morgan fingerprint density at radius 3 is 2.76 bits per heavy atom. The van der Waals surface area contributed by atoms with Crippen molar-refractivity contribution < 1.29 is 4.79 Å². The maximum absolute atomic E-state index is 12.5. The van der Waals surface area contributed by atoms with Gasteiger partial charge in [0.25, 0.3) is 5.56 Å². The molecule has 1 aromatic heterocycles. The topological polar surface area (TPSA) is 64.0 Å². The number of amides is 1. The lowest BCUT2D eigenvalue weighted by Gasteiger charge is -2.10. The molecule has 0 saturated heterocycles. The van der Waals surface area contributed by atoms with Crippen molar-refractivity contribution in [2.24, 2.45) is 0 Å². The minimum Gasteiger partial charge on any atom is -0.324 e. The third-order valence-electron chi connectivity index (χ3n) is 3.56. The van der Waals surface area contributed by atoms with Gasteiger partial charge < -0.3 is 5.32 Å². The summed E-state index contributed by atoms with van der Waals surface area (Å²) in [6.07, 6.45) is 1.30. The number of hydrogen-bond acceptors (Lipinski definition) is 3. The highest BCUT2D eigenvalue weighted by Gasteiger charge is 2.12. The van der Waals surface area contributed by atoms with E-state index >= 15 is 0 Å². The Labute approximate surface area is 161 Å². The summed E-state index contributed by atoms with van der Waals surface area (Å²) in [6.45, 7) is 1.78. The highest BCUT2D eigenvalue weighted by atomic mass is 79.9. The molecule has 0 saturated carbocycles. The third-order valence-corrected chi connectivity index (χ3v) is 4.72. The van der Waals surface area contributed by atoms with E-state index in [0.29, 0.717) is 21.2 Å². The van der Waals surface area contributed by atoms with Crippen LogP contribution in [0.4, 0.5) is 5.69 Å². The van der Waals surface area contributed by atoms with Gasteiger partial charge in [0.1, 0.15) is 6.54 Å². The van der Waals surface area contributed by atoms with Crippen molar-refractivity contribution in [2.75, 3.05) is 5.32 Å². The molecule has 1 N–H and O–H groups in total. The van der Waals surface area contributed by atoms with Crippen LogP contribution in [0.15, 0.2) is 45.9 Å². The summed E-state index contributed by atoms with van der Waals surface area (Å²) in [5.41, 5.74) is 1.67. The van der Waals surface area contributed by atoms with Gasteiger partial charge in [-0.3, -0.25) is 14.2 Å². The summed E-state index contributed by atoms with van der Waals surface area (Å²) in [7, 11) is 0. The second kappa shape index (κ2) is 7.15. The SMILES string of the molecule is Cc1ccc(NC(=O)Cn2cnc3c(Cl)cc(Cl)cc3c2=O)c(Br)c1. The van der Waals surface area contributed by atoms with E-state index in [1.165, 1.54) is 23.0 Å². The lowest BCUT2D eigenvalue weighted by atomic mass is 10.2. The summed E-state index contributed by atoms with van der Waals surface area (Å²) in [6, 6.07) is 8.57. The van der Waals surface area contributed by atoms with Crippen molar-refractivity contribution in [3.05, 3.63) is 67.1 Å². The standard InChI is InChI=1S/C17H12BrCl2N3O2/c1-9-2-3-14(12(18)4-9)22-15(24)7-23-8-21-16-11(17(23)25)5-10(19)6-13(16)20/h2-6,8H,7H2,1H3,(H,22,24). The van der Waals surface area contributed by atoms with Gasteiger partial charge in [0.15, 0.2) is 0 Å². The van der Waals surface area contributed by atoms with Crippen molar-refractivity contribution in [3.8, 4) is 0 Å². The maximum atomic E-state index is 12.5. The number of aryl methyl sites for hydroxylation is 1. The molecule has 128 valence electrons. The van der Waals surface area contributed by atoms with Gasteiger partial charge in [-0.2, -0.15) is 0 Å². The molecule has 0 aliphatic carbocycles. The Morgan fingerprint density at radius 2 is 2.04 bits per heavy atom. The first kappa shape index (κ1) is 17.9. The van der Waals surface area contributed by atoms with Gasteiger partial charge in [-0.25, -0.2) is 4.98 Å². The van der Waals surface area contributed by atoms with E-state index in [2.05, 4.69) is 26.2 Å². The number of nitrogens with zero attached hydrogens (tertiary/aromatic N) is 2. The number of carbonyl (C=O) groups is 1. The summed E-state index contributed by atoms with van der Waals surface area (Å²) in [5.74, 6) is -0.346. The molecule has 0 bridgehead atoms. The zero-order valence-corrected chi connectivity index (χ0v) is 16.1. The minimum atomic E-state index is -0.382. The third kappa shape index (κ3) is 3.86. The maximum Gasteiger partial charge on any atom is 0.261 e. The van der Waals surface area contributed by atoms with Crippen LogP contribution in [0.2, 0.25) is 10.0 Å². The predicted molar refractivity (Wildman–Crippen MR) is 104 cm³/mol. The van der Waals surface area contributed by atoms with Crippen LogP contribution in [0.1, 0.15) is 5.56 Å². The molecule has 1 heterocycles. The molecule has 0 unspecified atom stereocenters. The number of nitrogens with one attached hydrogen (secondary N) is 1. The normalized spacial score (nSPS) is 10.9. The first-order valence-electron chi connectivity index (χ1n) is 7.25. The lowest BCUT2D eigenvalue weighted by molar-refractivity contribution is -0.116. The molecule has 3 rings (SSSR count). The second-order valence-corrected chi connectivity index (χ2v) is 7.19. The van der Waals surface area contributed by atoms with Crippen LogP contribution in [0.3, 0.4) is 0 Å². The van der Waals surface area contributed by atoms with E-state index in [1.807, 2.05) is 19.1 Å². The minimum absolute atomic E-state index is 0.174. The van der Waals surface area contributed by atoms with Gasteiger partial charge in [0, 0.05) is 9.50 Å². The van der Waals surface area contributed by atoms with Gasteiger partial charge >= 0.3 is 0 Å². The van der Waals surface area contributed by atoms with Gasteiger partial charge in [-0.1, -0.05) is 29.3 Å². The molecule has 2 aromatic carbocycles. The Kier molecular flexibility index (Phi) is 5.13. The molecule has 0 fully saturated rings. The molecule has 25 heavy (non-hydrogen) atoms. The fourth-order valence-corrected chi connectivity index (χ4v) is 3.51. The smallest absolute Gasteiger partial charge is 0.261 e. The monoisotopic (exact) mass is 439 g/mol. The van der Waals surface area contributed by atoms with Crippen LogP contribution in [0.5, 0.6) is 0 Å². The van der Waals surface area contributed by atoms with Crippen molar-refractivity contribution in [1.82, 2.24) is 9.55 Å². The van der Waals surface area contributed by atoms with Crippen LogP contribution in [0.25, 0.3) is 10.9 Å². The zero-order valence-electron chi connectivity index (χ0n) is 13.0. The number of halogens is 3. The largest absolute Gasteiger partial charge is 0.324 e. The second-order valence-electron chi connectivity index (χ2n) is 5.49. The molecule has 0 radical (unpaired) electrons. The van der Waals surface area contributed by atoms with E-state index in [9.17, 15) is 9.59 Å². The van der Waals surface area contributed by atoms with E-state index in [1.54, 1.807) is 6.07 Å². The van der Waals surface area contributed by atoms with Crippen LogP contribution < -0.4 is 10.9 Å². The van der Waals surface area contributed by atoms with Crippen molar-refractivity contribution in [3.63, 3.8) is 0 Å². The molecule has 0 aliphatic heterocycles. The van der Waals surface area contributed by atoms with Gasteiger partial charge in [0.05, 0.1) is 27.9 Å². The molecule has 0 spiro atoms. The summed E-state index contributed by atoms with van der Waals surface area (Å²) >= 11 is 15.4. The Hall–Kier alpha value is -1.89. The number of hydrogen-bond donors (Lipinski definition) is 1. The summed E-state index contributed by atoms with van der Waals surface area (Å²) < 4.78 is 1.98. The van der Waals surface area contributed by atoms with Crippen molar-refractivity contribution in [2.45, 2.75) is 13.5 Å². The molecule has 0 atom stereocenters. The molecule has 8 heteroatoms. The Bertz CT molecular complexity index is 1050.